The zero-order valence-corrected chi connectivity index (χ0v) is 11.1. The number of hydrogen-bond acceptors (Lipinski definition) is 2. The first kappa shape index (κ1) is 12.6. The van der Waals surface area contributed by atoms with Gasteiger partial charge in [-0.1, -0.05) is 13.8 Å². The van der Waals surface area contributed by atoms with Gasteiger partial charge in [-0.25, -0.2) is 0 Å². The minimum Gasteiger partial charge on any atom is -0.312 e. The first-order valence-electron chi connectivity index (χ1n) is 7.02. The van der Waals surface area contributed by atoms with Gasteiger partial charge >= 0.3 is 0 Å². The van der Waals surface area contributed by atoms with Crippen LogP contribution in [0.3, 0.4) is 0 Å². The molecule has 2 rings (SSSR count). The molecule has 96 valence electrons. The number of aromatic nitrogens is 2. The SMILES string of the molecule is CCC(CNC1CCC(C)CC1)n1cccn1. The van der Waals surface area contributed by atoms with Crippen molar-refractivity contribution in [1.29, 1.82) is 0 Å². The monoisotopic (exact) mass is 235 g/mol. The Morgan fingerprint density at radius 3 is 2.71 bits per heavy atom. The second-order valence-corrected chi connectivity index (χ2v) is 5.41. The van der Waals surface area contributed by atoms with E-state index in [0.29, 0.717) is 6.04 Å². The van der Waals surface area contributed by atoms with E-state index in [1.807, 2.05) is 12.3 Å². The van der Waals surface area contributed by atoms with E-state index < -0.39 is 0 Å². The smallest absolute Gasteiger partial charge is 0.0641 e. The minimum absolute atomic E-state index is 0.504. The van der Waals surface area contributed by atoms with Crippen LogP contribution in [0.5, 0.6) is 0 Å². The van der Waals surface area contributed by atoms with Gasteiger partial charge in [0.1, 0.15) is 0 Å². The summed E-state index contributed by atoms with van der Waals surface area (Å²) in [6.07, 6.45) is 10.5. The van der Waals surface area contributed by atoms with Crippen molar-refractivity contribution in [2.24, 2.45) is 5.92 Å². The van der Waals surface area contributed by atoms with Crippen LogP contribution in [0.1, 0.15) is 52.0 Å². The van der Waals surface area contributed by atoms with Gasteiger partial charge in [0, 0.05) is 25.0 Å². The normalized spacial score (nSPS) is 26.9. The van der Waals surface area contributed by atoms with Crippen molar-refractivity contribution in [1.82, 2.24) is 15.1 Å². The Hall–Kier alpha value is -0.830. The predicted octanol–water partition coefficient (Wildman–Crippen LogP) is 3.00. The maximum Gasteiger partial charge on any atom is 0.0641 e. The van der Waals surface area contributed by atoms with Crippen LogP contribution in [0.15, 0.2) is 18.5 Å². The lowest BCUT2D eigenvalue weighted by molar-refractivity contribution is 0.288. The van der Waals surface area contributed by atoms with Crippen LogP contribution in [0.4, 0.5) is 0 Å². The molecule has 1 unspecified atom stereocenters. The quantitative estimate of drug-likeness (QED) is 0.850. The number of rotatable bonds is 5. The van der Waals surface area contributed by atoms with Gasteiger partial charge in [-0.3, -0.25) is 4.68 Å². The number of hydrogen-bond donors (Lipinski definition) is 1. The van der Waals surface area contributed by atoms with Crippen LogP contribution in [0.2, 0.25) is 0 Å². The van der Waals surface area contributed by atoms with Crippen LogP contribution < -0.4 is 5.32 Å². The Bertz CT molecular complexity index is 299. The zero-order chi connectivity index (χ0) is 12.1. The average molecular weight is 235 g/mol. The minimum atomic E-state index is 0.504. The van der Waals surface area contributed by atoms with Crippen molar-refractivity contribution in [2.75, 3.05) is 6.54 Å². The van der Waals surface area contributed by atoms with Crippen molar-refractivity contribution in [3.05, 3.63) is 18.5 Å². The molecule has 0 bridgehead atoms. The molecule has 0 amide bonds. The third kappa shape index (κ3) is 3.56. The van der Waals surface area contributed by atoms with E-state index >= 15 is 0 Å². The van der Waals surface area contributed by atoms with Crippen molar-refractivity contribution in [3.63, 3.8) is 0 Å². The summed E-state index contributed by atoms with van der Waals surface area (Å²) in [4.78, 5) is 0. The van der Waals surface area contributed by atoms with E-state index in [0.717, 1.165) is 24.9 Å². The fourth-order valence-electron chi connectivity index (χ4n) is 2.69. The molecule has 3 heteroatoms. The summed E-state index contributed by atoms with van der Waals surface area (Å²) in [6.45, 7) is 5.66. The van der Waals surface area contributed by atoms with Crippen molar-refractivity contribution in [3.8, 4) is 0 Å². The van der Waals surface area contributed by atoms with E-state index in [9.17, 15) is 0 Å². The molecule has 1 atom stereocenters. The maximum absolute atomic E-state index is 4.34. The third-order valence-electron chi connectivity index (χ3n) is 4.03. The maximum atomic E-state index is 4.34. The molecule has 0 saturated heterocycles. The second kappa shape index (κ2) is 6.20. The molecule has 1 aliphatic rings. The summed E-state index contributed by atoms with van der Waals surface area (Å²) in [6, 6.07) is 3.24. The molecule has 1 heterocycles. The largest absolute Gasteiger partial charge is 0.312 e. The molecule has 1 N–H and O–H groups in total. The summed E-state index contributed by atoms with van der Waals surface area (Å²) in [7, 11) is 0. The Kier molecular flexibility index (Phi) is 4.60. The molecule has 1 aromatic heterocycles. The van der Waals surface area contributed by atoms with Crippen LogP contribution in [-0.4, -0.2) is 22.4 Å². The van der Waals surface area contributed by atoms with Gasteiger partial charge in [0.25, 0.3) is 0 Å². The number of nitrogens with zero attached hydrogens (tertiary/aromatic N) is 2. The standard InChI is InChI=1S/C14H25N3/c1-3-14(17-10-4-9-16-17)11-15-13-7-5-12(2)6-8-13/h4,9-10,12-15H,3,5-8,11H2,1-2H3. The third-order valence-corrected chi connectivity index (χ3v) is 4.03. The van der Waals surface area contributed by atoms with E-state index in [1.165, 1.54) is 25.7 Å². The van der Waals surface area contributed by atoms with Crippen molar-refractivity contribution < 1.29 is 0 Å². The van der Waals surface area contributed by atoms with Crippen molar-refractivity contribution >= 4 is 0 Å². The van der Waals surface area contributed by atoms with E-state index in [4.69, 9.17) is 0 Å². The van der Waals surface area contributed by atoms with Gasteiger partial charge in [-0.05, 0) is 44.1 Å². The zero-order valence-electron chi connectivity index (χ0n) is 11.1. The summed E-state index contributed by atoms with van der Waals surface area (Å²) in [5, 5.41) is 8.06. The average Bonchev–Trinajstić information content (AvgIpc) is 2.86. The van der Waals surface area contributed by atoms with Gasteiger partial charge in [0.2, 0.25) is 0 Å². The molecule has 17 heavy (non-hydrogen) atoms. The van der Waals surface area contributed by atoms with Crippen LogP contribution in [0, 0.1) is 5.92 Å². The van der Waals surface area contributed by atoms with E-state index in [2.05, 4.69) is 35.1 Å². The molecule has 1 aromatic rings. The Morgan fingerprint density at radius 1 is 1.35 bits per heavy atom. The van der Waals surface area contributed by atoms with Gasteiger partial charge in [0.05, 0.1) is 6.04 Å². The van der Waals surface area contributed by atoms with E-state index in [-0.39, 0.29) is 0 Å². The highest BCUT2D eigenvalue weighted by atomic mass is 15.3. The molecule has 0 radical (unpaired) electrons. The Labute approximate surface area is 105 Å². The molecule has 0 aliphatic heterocycles. The summed E-state index contributed by atoms with van der Waals surface area (Å²) < 4.78 is 2.08. The highest BCUT2D eigenvalue weighted by molar-refractivity contribution is 4.83. The molecular formula is C14H25N3. The molecular weight excluding hydrogens is 210 g/mol. The Balaban J connectivity index is 1.76. The summed E-state index contributed by atoms with van der Waals surface area (Å²) >= 11 is 0. The molecule has 1 fully saturated rings. The lowest BCUT2D eigenvalue weighted by Crippen LogP contribution is -2.36. The second-order valence-electron chi connectivity index (χ2n) is 5.41. The molecule has 0 spiro atoms. The lowest BCUT2D eigenvalue weighted by Gasteiger charge is -2.28. The van der Waals surface area contributed by atoms with Gasteiger partial charge in [-0.15, -0.1) is 0 Å². The summed E-state index contributed by atoms with van der Waals surface area (Å²) in [5.41, 5.74) is 0. The molecule has 1 saturated carbocycles. The molecule has 1 aliphatic carbocycles. The fourth-order valence-corrected chi connectivity index (χ4v) is 2.69. The van der Waals surface area contributed by atoms with E-state index in [1.54, 1.807) is 0 Å². The first-order chi connectivity index (χ1) is 8.29. The van der Waals surface area contributed by atoms with Crippen LogP contribution >= 0.6 is 0 Å². The molecule has 3 nitrogen and oxygen atoms in total. The van der Waals surface area contributed by atoms with Crippen LogP contribution in [0.25, 0.3) is 0 Å². The van der Waals surface area contributed by atoms with Crippen molar-refractivity contribution in [2.45, 2.75) is 58.0 Å². The number of nitrogens with one attached hydrogen (secondary N) is 1. The van der Waals surface area contributed by atoms with Gasteiger partial charge in [-0.2, -0.15) is 5.10 Å². The first-order valence-corrected chi connectivity index (χ1v) is 7.02. The fraction of sp³-hybridized carbons (Fsp3) is 0.786. The predicted molar refractivity (Wildman–Crippen MR) is 71.0 cm³/mol. The topological polar surface area (TPSA) is 29.9 Å². The van der Waals surface area contributed by atoms with Crippen LogP contribution in [-0.2, 0) is 0 Å². The Morgan fingerprint density at radius 2 is 2.12 bits per heavy atom. The summed E-state index contributed by atoms with van der Waals surface area (Å²) in [5.74, 6) is 0.932. The molecule has 0 aromatic carbocycles. The van der Waals surface area contributed by atoms with Gasteiger partial charge in [0.15, 0.2) is 0 Å². The van der Waals surface area contributed by atoms with Gasteiger partial charge < -0.3 is 5.32 Å². The lowest BCUT2D eigenvalue weighted by atomic mass is 9.87. The highest BCUT2D eigenvalue weighted by Gasteiger charge is 2.19. The highest BCUT2D eigenvalue weighted by Crippen LogP contribution is 2.23.